The molecule has 0 bridgehead atoms. The first-order valence-corrected chi connectivity index (χ1v) is 5.18. The Kier molecular flexibility index (Phi) is 3.00. The minimum Gasteiger partial charge on any atom is -0.368 e. The fourth-order valence-electron chi connectivity index (χ4n) is 1.08. The molecule has 2 aromatic rings. The number of rotatable bonds is 2. The van der Waals surface area contributed by atoms with E-state index >= 15 is 0 Å². The summed E-state index contributed by atoms with van der Waals surface area (Å²) in [6.07, 6.45) is 1.46. The van der Waals surface area contributed by atoms with E-state index in [4.69, 9.17) is 5.73 Å². The number of nitrogen functional groups attached to an aromatic ring is 1. The van der Waals surface area contributed by atoms with Crippen molar-refractivity contribution in [1.82, 2.24) is 9.97 Å². The summed E-state index contributed by atoms with van der Waals surface area (Å²) in [6.45, 7) is 0. The van der Waals surface area contributed by atoms with Crippen LogP contribution in [0.5, 0.6) is 0 Å². The standard InChI is InChI=1S/C10H7F2N3S/c11-6-1-2-7(12)8(5-6)16-9-3-4-14-10(13)15-9/h1-5H,(H2,13,14,15). The van der Waals surface area contributed by atoms with Gasteiger partial charge in [-0.15, -0.1) is 0 Å². The molecular formula is C10H7F2N3S. The van der Waals surface area contributed by atoms with Crippen molar-refractivity contribution in [2.75, 3.05) is 5.73 Å². The highest BCUT2D eigenvalue weighted by molar-refractivity contribution is 7.99. The van der Waals surface area contributed by atoms with Gasteiger partial charge in [-0.05, 0) is 24.3 Å². The highest BCUT2D eigenvalue weighted by atomic mass is 32.2. The Morgan fingerprint density at radius 1 is 1.19 bits per heavy atom. The van der Waals surface area contributed by atoms with Gasteiger partial charge >= 0.3 is 0 Å². The molecule has 1 aromatic carbocycles. The minimum absolute atomic E-state index is 0.0989. The average Bonchev–Trinajstić information content (AvgIpc) is 2.24. The van der Waals surface area contributed by atoms with Crippen molar-refractivity contribution in [2.45, 2.75) is 9.92 Å². The van der Waals surface area contributed by atoms with Crippen molar-refractivity contribution < 1.29 is 8.78 Å². The molecule has 0 aliphatic rings. The molecule has 0 unspecified atom stereocenters. The average molecular weight is 239 g/mol. The van der Waals surface area contributed by atoms with Crippen LogP contribution >= 0.6 is 11.8 Å². The maximum atomic E-state index is 13.3. The van der Waals surface area contributed by atoms with E-state index in [2.05, 4.69) is 9.97 Å². The lowest BCUT2D eigenvalue weighted by molar-refractivity contribution is 0.577. The van der Waals surface area contributed by atoms with Crippen LogP contribution in [0.4, 0.5) is 14.7 Å². The van der Waals surface area contributed by atoms with Gasteiger partial charge < -0.3 is 5.73 Å². The Balaban J connectivity index is 2.30. The monoisotopic (exact) mass is 239 g/mol. The van der Waals surface area contributed by atoms with Crippen LogP contribution in [0.3, 0.4) is 0 Å². The van der Waals surface area contributed by atoms with E-state index in [9.17, 15) is 8.78 Å². The van der Waals surface area contributed by atoms with E-state index in [-0.39, 0.29) is 10.8 Å². The number of hydrogen-bond acceptors (Lipinski definition) is 4. The third kappa shape index (κ3) is 2.46. The van der Waals surface area contributed by atoms with Gasteiger partial charge in [0.2, 0.25) is 5.95 Å². The highest BCUT2D eigenvalue weighted by Gasteiger charge is 2.07. The van der Waals surface area contributed by atoms with Gasteiger partial charge in [0.25, 0.3) is 0 Å². The summed E-state index contributed by atoms with van der Waals surface area (Å²) in [4.78, 5) is 7.75. The second kappa shape index (κ2) is 4.44. The quantitative estimate of drug-likeness (QED) is 0.818. The number of anilines is 1. The Bertz CT molecular complexity index is 519. The van der Waals surface area contributed by atoms with Crippen molar-refractivity contribution in [2.24, 2.45) is 0 Å². The van der Waals surface area contributed by atoms with Crippen molar-refractivity contribution in [1.29, 1.82) is 0 Å². The zero-order chi connectivity index (χ0) is 11.5. The molecule has 0 radical (unpaired) electrons. The first-order valence-electron chi connectivity index (χ1n) is 4.36. The topological polar surface area (TPSA) is 51.8 Å². The van der Waals surface area contributed by atoms with Crippen LogP contribution in [-0.4, -0.2) is 9.97 Å². The smallest absolute Gasteiger partial charge is 0.221 e. The summed E-state index contributed by atoms with van der Waals surface area (Å²) >= 11 is 0.996. The molecule has 0 fully saturated rings. The fourth-order valence-corrected chi connectivity index (χ4v) is 1.91. The second-order valence-corrected chi connectivity index (χ2v) is 3.99. The van der Waals surface area contributed by atoms with Gasteiger partial charge in [0.05, 0.1) is 4.90 Å². The van der Waals surface area contributed by atoms with E-state index < -0.39 is 11.6 Å². The van der Waals surface area contributed by atoms with Gasteiger partial charge in [0.15, 0.2) is 0 Å². The molecule has 2 N–H and O–H groups in total. The molecule has 0 aliphatic carbocycles. The van der Waals surface area contributed by atoms with Crippen molar-refractivity contribution in [3.8, 4) is 0 Å². The molecule has 0 spiro atoms. The SMILES string of the molecule is Nc1nccc(Sc2cc(F)ccc2F)n1. The van der Waals surface area contributed by atoms with Crippen LogP contribution in [0.2, 0.25) is 0 Å². The molecule has 2 rings (SSSR count). The van der Waals surface area contributed by atoms with E-state index in [1.165, 1.54) is 6.20 Å². The lowest BCUT2D eigenvalue weighted by Gasteiger charge is -2.02. The van der Waals surface area contributed by atoms with Gasteiger partial charge in [-0.2, -0.15) is 0 Å². The van der Waals surface area contributed by atoms with Crippen LogP contribution in [0.1, 0.15) is 0 Å². The van der Waals surface area contributed by atoms with Crippen molar-refractivity contribution in [3.05, 3.63) is 42.1 Å². The molecule has 0 saturated carbocycles. The van der Waals surface area contributed by atoms with Gasteiger partial charge in [-0.25, -0.2) is 18.7 Å². The summed E-state index contributed by atoms with van der Waals surface area (Å²) < 4.78 is 26.2. The molecule has 6 heteroatoms. The molecule has 0 amide bonds. The number of hydrogen-bond donors (Lipinski definition) is 1. The molecule has 1 heterocycles. The van der Waals surface area contributed by atoms with E-state index in [1.807, 2.05) is 0 Å². The Labute approximate surface area is 94.7 Å². The predicted octanol–water partition coefficient (Wildman–Crippen LogP) is 2.49. The van der Waals surface area contributed by atoms with E-state index in [0.29, 0.717) is 5.03 Å². The number of aromatic nitrogens is 2. The van der Waals surface area contributed by atoms with Crippen LogP contribution in [0, 0.1) is 11.6 Å². The van der Waals surface area contributed by atoms with Gasteiger partial charge in [0.1, 0.15) is 16.7 Å². The molecule has 0 atom stereocenters. The summed E-state index contributed by atoms with van der Waals surface area (Å²) in [7, 11) is 0. The molecule has 3 nitrogen and oxygen atoms in total. The van der Waals surface area contributed by atoms with Crippen molar-refractivity contribution in [3.63, 3.8) is 0 Å². The van der Waals surface area contributed by atoms with Gasteiger partial charge in [0, 0.05) is 6.20 Å². The predicted molar refractivity (Wildman–Crippen MR) is 56.9 cm³/mol. The first-order chi connectivity index (χ1) is 7.65. The molecule has 1 aromatic heterocycles. The van der Waals surface area contributed by atoms with Crippen LogP contribution in [0.15, 0.2) is 40.4 Å². The fraction of sp³-hybridized carbons (Fsp3) is 0. The zero-order valence-electron chi connectivity index (χ0n) is 8.02. The summed E-state index contributed by atoms with van der Waals surface area (Å²) in [6, 6.07) is 4.82. The maximum Gasteiger partial charge on any atom is 0.221 e. The molecule has 16 heavy (non-hydrogen) atoms. The van der Waals surface area contributed by atoms with Crippen LogP contribution in [-0.2, 0) is 0 Å². The Morgan fingerprint density at radius 3 is 2.75 bits per heavy atom. The first kappa shape index (κ1) is 10.8. The highest BCUT2D eigenvalue weighted by Crippen LogP contribution is 2.28. The third-order valence-corrected chi connectivity index (χ3v) is 2.73. The Hall–Kier alpha value is -1.69. The number of halogens is 2. The lowest BCUT2D eigenvalue weighted by atomic mass is 10.3. The largest absolute Gasteiger partial charge is 0.368 e. The summed E-state index contributed by atoms with van der Waals surface area (Å²) in [5, 5.41) is 0.469. The number of benzene rings is 1. The normalized spacial score (nSPS) is 10.4. The van der Waals surface area contributed by atoms with Gasteiger partial charge in [-0.3, -0.25) is 0 Å². The molecule has 0 saturated heterocycles. The minimum atomic E-state index is -0.497. The maximum absolute atomic E-state index is 13.3. The summed E-state index contributed by atoms with van der Waals surface area (Å²) in [5.74, 6) is -0.892. The lowest BCUT2D eigenvalue weighted by Crippen LogP contribution is -1.94. The Morgan fingerprint density at radius 2 is 2.00 bits per heavy atom. The third-order valence-electron chi connectivity index (χ3n) is 1.76. The molecule has 82 valence electrons. The van der Waals surface area contributed by atoms with E-state index in [0.717, 1.165) is 30.0 Å². The second-order valence-electron chi connectivity index (χ2n) is 2.93. The van der Waals surface area contributed by atoms with Crippen LogP contribution < -0.4 is 5.73 Å². The molecule has 0 aliphatic heterocycles. The zero-order valence-corrected chi connectivity index (χ0v) is 8.84. The summed E-state index contributed by atoms with van der Waals surface area (Å²) in [5.41, 5.74) is 5.38. The number of nitrogens with zero attached hydrogens (tertiary/aromatic N) is 2. The van der Waals surface area contributed by atoms with E-state index in [1.54, 1.807) is 6.07 Å². The van der Waals surface area contributed by atoms with Crippen molar-refractivity contribution >= 4 is 17.7 Å². The molecular weight excluding hydrogens is 232 g/mol. The van der Waals surface area contributed by atoms with Gasteiger partial charge in [-0.1, -0.05) is 11.8 Å². The number of nitrogens with two attached hydrogens (primary N) is 1. The van der Waals surface area contributed by atoms with Crippen LogP contribution in [0.25, 0.3) is 0 Å².